The van der Waals surface area contributed by atoms with Gasteiger partial charge >= 0.3 is 0 Å². The molecule has 0 aliphatic carbocycles. The van der Waals surface area contributed by atoms with Crippen LogP contribution in [0.4, 0.5) is 0 Å². The highest BCUT2D eigenvalue weighted by molar-refractivity contribution is 5.79. The maximum absolute atomic E-state index is 10.2. The van der Waals surface area contributed by atoms with Crippen molar-refractivity contribution in [3.05, 3.63) is 35.4 Å². The number of aryl methyl sites for hydroxylation is 1. The van der Waals surface area contributed by atoms with Gasteiger partial charge in [-0.1, -0.05) is 43.7 Å². The predicted molar refractivity (Wildman–Crippen MR) is 89.6 cm³/mol. The average Bonchev–Trinajstić information content (AvgIpc) is 2.44. The molecule has 0 fully saturated rings. The van der Waals surface area contributed by atoms with Gasteiger partial charge in [-0.3, -0.25) is 4.99 Å². The number of aliphatic imine (C=N–C) groups is 1. The average molecular weight is 291 g/mol. The van der Waals surface area contributed by atoms with E-state index < -0.39 is 6.10 Å². The second-order valence-electron chi connectivity index (χ2n) is 5.76. The first-order valence-corrected chi connectivity index (χ1v) is 7.79. The molecular formula is C17H29N3O. The normalized spacial score (nSPS) is 13.3. The Morgan fingerprint density at radius 2 is 1.86 bits per heavy atom. The molecule has 1 atom stereocenters. The number of guanidine groups is 1. The van der Waals surface area contributed by atoms with E-state index in [9.17, 15) is 5.11 Å². The maximum Gasteiger partial charge on any atom is 0.191 e. The van der Waals surface area contributed by atoms with Crippen LogP contribution in [0.1, 0.15) is 44.4 Å². The summed E-state index contributed by atoms with van der Waals surface area (Å²) in [6, 6.07) is 7.92. The molecule has 0 amide bonds. The molecule has 1 aromatic carbocycles. The molecule has 0 heterocycles. The molecule has 0 saturated heterocycles. The van der Waals surface area contributed by atoms with Gasteiger partial charge in [0.25, 0.3) is 0 Å². The van der Waals surface area contributed by atoms with E-state index in [2.05, 4.69) is 29.5 Å². The van der Waals surface area contributed by atoms with Crippen LogP contribution in [-0.2, 0) is 0 Å². The number of hydrogen-bond donors (Lipinski definition) is 3. The molecule has 0 aliphatic heterocycles. The zero-order valence-electron chi connectivity index (χ0n) is 13.7. The molecule has 4 heteroatoms. The lowest BCUT2D eigenvalue weighted by atomic mass is 10.1. The number of aliphatic hydroxyl groups is 1. The minimum atomic E-state index is -0.564. The molecule has 3 N–H and O–H groups in total. The van der Waals surface area contributed by atoms with Gasteiger partial charge in [-0.25, -0.2) is 0 Å². The summed E-state index contributed by atoms with van der Waals surface area (Å²) in [5.41, 5.74) is 2.10. The maximum atomic E-state index is 10.2. The molecule has 1 unspecified atom stereocenters. The van der Waals surface area contributed by atoms with Gasteiger partial charge in [0.05, 0.1) is 12.6 Å². The first-order valence-electron chi connectivity index (χ1n) is 7.79. The van der Waals surface area contributed by atoms with Gasteiger partial charge < -0.3 is 15.7 Å². The molecule has 0 aromatic heterocycles. The van der Waals surface area contributed by atoms with Crippen molar-refractivity contribution in [1.29, 1.82) is 0 Å². The topological polar surface area (TPSA) is 56.7 Å². The smallest absolute Gasteiger partial charge is 0.191 e. The lowest BCUT2D eigenvalue weighted by molar-refractivity contribution is 0.187. The van der Waals surface area contributed by atoms with Gasteiger partial charge in [-0.15, -0.1) is 0 Å². The Morgan fingerprint density at radius 3 is 2.43 bits per heavy atom. The largest absolute Gasteiger partial charge is 0.386 e. The molecule has 21 heavy (non-hydrogen) atoms. The van der Waals surface area contributed by atoms with Gasteiger partial charge in [0.1, 0.15) is 0 Å². The lowest BCUT2D eigenvalue weighted by Crippen LogP contribution is -2.38. The minimum absolute atomic E-state index is 0.361. The lowest BCUT2D eigenvalue weighted by Gasteiger charge is -2.14. The Bertz CT molecular complexity index is 426. The van der Waals surface area contributed by atoms with Gasteiger partial charge in [0.2, 0.25) is 0 Å². The standard InChI is InChI=1S/C17H29N3O/c1-5-18-17(19-11-10-13(2)3)20-12-16(21)15-8-6-14(4)7-9-15/h6-9,13,16,21H,5,10-12H2,1-4H3,(H2,18,19,20). The van der Waals surface area contributed by atoms with Crippen LogP contribution < -0.4 is 10.6 Å². The van der Waals surface area contributed by atoms with Crippen molar-refractivity contribution in [2.75, 3.05) is 19.6 Å². The van der Waals surface area contributed by atoms with Crippen LogP contribution in [0.5, 0.6) is 0 Å². The molecule has 0 saturated carbocycles. The third-order valence-electron chi connectivity index (χ3n) is 3.24. The summed E-state index contributed by atoms with van der Waals surface area (Å²) in [5.74, 6) is 1.43. The Balaban J connectivity index is 2.53. The van der Waals surface area contributed by atoms with E-state index in [-0.39, 0.29) is 0 Å². The van der Waals surface area contributed by atoms with Crippen LogP contribution in [0.25, 0.3) is 0 Å². The van der Waals surface area contributed by atoms with Gasteiger partial charge in [0, 0.05) is 13.1 Å². The number of aliphatic hydroxyl groups excluding tert-OH is 1. The van der Waals surface area contributed by atoms with Gasteiger partial charge in [0.15, 0.2) is 5.96 Å². The molecule has 1 aromatic rings. The van der Waals surface area contributed by atoms with Crippen molar-refractivity contribution in [2.45, 2.75) is 40.2 Å². The Labute approximate surface area is 128 Å². The first-order chi connectivity index (χ1) is 10.0. The van der Waals surface area contributed by atoms with Crippen LogP contribution >= 0.6 is 0 Å². The van der Waals surface area contributed by atoms with Crippen LogP contribution in [0, 0.1) is 12.8 Å². The van der Waals surface area contributed by atoms with E-state index in [1.807, 2.05) is 38.1 Å². The zero-order valence-corrected chi connectivity index (χ0v) is 13.7. The summed E-state index contributed by atoms with van der Waals surface area (Å²) in [7, 11) is 0. The zero-order chi connectivity index (χ0) is 15.7. The summed E-state index contributed by atoms with van der Waals surface area (Å²) in [6.07, 6.45) is 0.538. The third-order valence-corrected chi connectivity index (χ3v) is 3.24. The van der Waals surface area contributed by atoms with E-state index in [1.165, 1.54) is 5.56 Å². The monoisotopic (exact) mass is 291 g/mol. The molecule has 118 valence electrons. The second kappa shape index (κ2) is 9.40. The summed E-state index contributed by atoms with van der Waals surface area (Å²) in [5, 5.41) is 16.7. The SMILES string of the molecule is CCNC(=NCC(O)c1ccc(C)cc1)NCCC(C)C. The van der Waals surface area contributed by atoms with Crippen molar-refractivity contribution in [3.63, 3.8) is 0 Å². The van der Waals surface area contributed by atoms with Crippen LogP contribution in [0.15, 0.2) is 29.3 Å². The summed E-state index contributed by atoms with van der Waals surface area (Å²) in [4.78, 5) is 4.45. The van der Waals surface area contributed by atoms with Crippen LogP contribution in [-0.4, -0.2) is 30.7 Å². The van der Waals surface area contributed by atoms with Crippen molar-refractivity contribution < 1.29 is 5.11 Å². The van der Waals surface area contributed by atoms with E-state index >= 15 is 0 Å². The Morgan fingerprint density at radius 1 is 1.19 bits per heavy atom. The molecule has 0 bridgehead atoms. The minimum Gasteiger partial charge on any atom is -0.386 e. The summed E-state index contributed by atoms with van der Waals surface area (Å²) in [6.45, 7) is 10.5. The van der Waals surface area contributed by atoms with Crippen LogP contribution in [0.3, 0.4) is 0 Å². The number of benzene rings is 1. The molecular weight excluding hydrogens is 262 g/mol. The first kappa shape index (κ1) is 17.5. The number of rotatable bonds is 7. The summed E-state index contributed by atoms with van der Waals surface area (Å²) >= 11 is 0. The fourth-order valence-electron chi connectivity index (χ4n) is 1.89. The van der Waals surface area contributed by atoms with Crippen LogP contribution in [0.2, 0.25) is 0 Å². The van der Waals surface area contributed by atoms with Crippen molar-refractivity contribution in [1.82, 2.24) is 10.6 Å². The third kappa shape index (κ3) is 7.14. The summed E-state index contributed by atoms with van der Waals surface area (Å²) < 4.78 is 0. The number of nitrogens with zero attached hydrogens (tertiary/aromatic N) is 1. The highest BCUT2D eigenvalue weighted by atomic mass is 16.3. The predicted octanol–water partition coefficient (Wildman–Crippen LogP) is 2.63. The highest BCUT2D eigenvalue weighted by Gasteiger charge is 2.07. The number of hydrogen-bond acceptors (Lipinski definition) is 2. The van der Waals surface area contributed by atoms with E-state index in [0.717, 1.165) is 31.0 Å². The van der Waals surface area contributed by atoms with Crippen molar-refractivity contribution >= 4 is 5.96 Å². The molecule has 1 rings (SSSR count). The Hall–Kier alpha value is -1.55. The number of nitrogens with one attached hydrogen (secondary N) is 2. The van der Waals surface area contributed by atoms with E-state index in [1.54, 1.807) is 0 Å². The Kier molecular flexibility index (Phi) is 7.83. The van der Waals surface area contributed by atoms with Gasteiger partial charge in [-0.2, -0.15) is 0 Å². The fraction of sp³-hybridized carbons (Fsp3) is 0.588. The second-order valence-corrected chi connectivity index (χ2v) is 5.76. The fourth-order valence-corrected chi connectivity index (χ4v) is 1.89. The highest BCUT2D eigenvalue weighted by Crippen LogP contribution is 2.13. The molecule has 4 nitrogen and oxygen atoms in total. The van der Waals surface area contributed by atoms with E-state index in [0.29, 0.717) is 12.5 Å². The molecule has 0 radical (unpaired) electrons. The molecule has 0 aliphatic rings. The quantitative estimate of drug-likeness (QED) is 0.535. The van der Waals surface area contributed by atoms with Crippen molar-refractivity contribution in [3.8, 4) is 0 Å². The molecule has 0 spiro atoms. The van der Waals surface area contributed by atoms with Crippen molar-refractivity contribution in [2.24, 2.45) is 10.9 Å². The van der Waals surface area contributed by atoms with E-state index in [4.69, 9.17) is 0 Å². The van der Waals surface area contributed by atoms with Gasteiger partial charge in [-0.05, 0) is 31.7 Å².